The number of aryl methyl sites for hydroxylation is 1. The maximum Gasteiger partial charge on any atom is 0.244 e. The van der Waals surface area contributed by atoms with Crippen molar-refractivity contribution in [1.29, 1.82) is 0 Å². The van der Waals surface area contributed by atoms with E-state index in [9.17, 15) is 0 Å². The van der Waals surface area contributed by atoms with Gasteiger partial charge in [-0.15, -0.1) is 0 Å². The van der Waals surface area contributed by atoms with Crippen molar-refractivity contribution in [3.05, 3.63) is 41.8 Å². The van der Waals surface area contributed by atoms with Crippen molar-refractivity contribution in [2.75, 3.05) is 0 Å². The average Bonchev–Trinajstić information content (AvgIpc) is 2.96. The van der Waals surface area contributed by atoms with E-state index in [1.54, 1.807) is 0 Å². The number of aromatic nitrogens is 3. The first-order valence-corrected chi connectivity index (χ1v) is 7.02. The Hall–Kier alpha value is -2.27. The van der Waals surface area contributed by atoms with Crippen LogP contribution in [0, 0.1) is 12.8 Å². The first-order valence-electron chi connectivity index (χ1n) is 7.02. The average molecular weight is 282 g/mol. The highest BCUT2D eigenvalue weighted by Gasteiger charge is 2.19. The van der Waals surface area contributed by atoms with Gasteiger partial charge in [-0.2, -0.15) is 4.98 Å². The van der Waals surface area contributed by atoms with Gasteiger partial charge in [0.2, 0.25) is 11.7 Å². The van der Waals surface area contributed by atoms with E-state index in [0.29, 0.717) is 17.4 Å². The quantitative estimate of drug-likeness (QED) is 0.797. The standard InChI is InChI=1S/C16H18N4O/c1-9(2)14(17)16-19-15(20-21-16)13-8-10(3)11-6-4-5-7-12(11)18-13/h4-9,14H,17H2,1-3H3/t14-/m1/s1. The molecule has 5 nitrogen and oxygen atoms in total. The number of hydrogen-bond donors (Lipinski definition) is 1. The van der Waals surface area contributed by atoms with Crippen LogP contribution in [0.5, 0.6) is 0 Å². The number of pyridine rings is 1. The molecular formula is C16H18N4O. The molecule has 0 saturated heterocycles. The third-order valence-electron chi connectivity index (χ3n) is 3.60. The summed E-state index contributed by atoms with van der Waals surface area (Å²) in [7, 11) is 0. The molecular weight excluding hydrogens is 264 g/mol. The Morgan fingerprint density at radius 2 is 1.90 bits per heavy atom. The van der Waals surface area contributed by atoms with E-state index < -0.39 is 0 Å². The second-order valence-electron chi connectivity index (χ2n) is 5.57. The molecule has 21 heavy (non-hydrogen) atoms. The third-order valence-corrected chi connectivity index (χ3v) is 3.60. The van der Waals surface area contributed by atoms with Gasteiger partial charge in [0.15, 0.2) is 0 Å². The minimum atomic E-state index is -0.257. The lowest BCUT2D eigenvalue weighted by atomic mass is 10.1. The molecule has 0 spiro atoms. The highest BCUT2D eigenvalue weighted by atomic mass is 16.5. The zero-order chi connectivity index (χ0) is 15.0. The number of nitrogens with zero attached hydrogens (tertiary/aromatic N) is 3. The molecule has 0 aliphatic carbocycles. The van der Waals surface area contributed by atoms with E-state index in [2.05, 4.69) is 21.2 Å². The lowest BCUT2D eigenvalue weighted by Crippen LogP contribution is -2.16. The molecule has 1 aromatic carbocycles. The lowest BCUT2D eigenvalue weighted by molar-refractivity contribution is 0.325. The summed E-state index contributed by atoms with van der Waals surface area (Å²) in [5.41, 5.74) is 8.80. The molecule has 0 amide bonds. The third kappa shape index (κ3) is 2.52. The fraction of sp³-hybridized carbons (Fsp3) is 0.312. The van der Waals surface area contributed by atoms with Gasteiger partial charge < -0.3 is 10.3 Å². The van der Waals surface area contributed by atoms with Crippen LogP contribution < -0.4 is 5.73 Å². The smallest absolute Gasteiger partial charge is 0.244 e. The number of hydrogen-bond acceptors (Lipinski definition) is 5. The summed E-state index contributed by atoms with van der Waals surface area (Å²) in [6.45, 7) is 6.09. The van der Waals surface area contributed by atoms with Crippen LogP contribution in [0.2, 0.25) is 0 Å². The van der Waals surface area contributed by atoms with Gasteiger partial charge in [0.25, 0.3) is 0 Å². The summed E-state index contributed by atoms with van der Waals surface area (Å²) in [5, 5.41) is 5.14. The Bertz CT molecular complexity index is 779. The molecule has 0 saturated carbocycles. The van der Waals surface area contributed by atoms with E-state index >= 15 is 0 Å². The molecule has 3 aromatic rings. The first kappa shape index (κ1) is 13.7. The van der Waals surface area contributed by atoms with E-state index in [1.807, 2.05) is 45.0 Å². The van der Waals surface area contributed by atoms with Crippen molar-refractivity contribution in [2.45, 2.75) is 26.8 Å². The Labute approximate surface area is 123 Å². The molecule has 0 bridgehead atoms. The molecule has 2 heterocycles. The summed E-state index contributed by atoms with van der Waals surface area (Å²) in [4.78, 5) is 8.98. The van der Waals surface area contributed by atoms with Crippen LogP contribution in [0.1, 0.15) is 31.3 Å². The summed E-state index contributed by atoms with van der Waals surface area (Å²) in [6.07, 6.45) is 0. The van der Waals surface area contributed by atoms with Crippen LogP contribution in [0.25, 0.3) is 22.4 Å². The van der Waals surface area contributed by atoms with Gasteiger partial charge >= 0.3 is 0 Å². The number of para-hydroxylation sites is 1. The van der Waals surface area contributed by atoms with Crippen molar-refractivity contribution in [3.8, 4) is 11.5 Å². The molecule has 1 atom stereocenters. The summed E-state index contributed by atoms with van der Waals surface area (Å²) >= 11 is 0. The normalized spacial score (nSPS) is 13.0. The van der Waals surface area contributed by atoms with E-state index in [1.165, 1.54) is 0 Å². The Morgan fingerprint density at radius 1 is 1.14 bits per heavy atom. The molecule has 0 radical (unpaired) electrons. The SMILES string of the molecule is Cc1cc(-c2noc([C@H](N)C(C)C)n2)nc2ccccc12. The second-order valence-corrected chi connectivity index (χ2v) is 5.57. The maximum absolute atomic E-state index is 6.03. The molecule has 3 rings (SSSR count). The van der Waals surface area contributed by atoms with Crippen molar-refractivity contribution in [2.24, 2.45) is 11.7 Å². The Kier molecular flexibility index (Phi) is 3.43. The molecule has 0 unspecified atom stereocenters. The molecule has 5 heteroatoms. The predicted molar refractivity (Wildman–Crippen MR) is 81.5 cm³/mol. The largest absolute Gasteiger partial charge is 0.337 e. The summed E-state index contributed by atoms with van der Waals surface area (Å²) < 4.78 is 5.27. The number of rotatable bonds is 3. The van der Waals surface area contributed by atoms with Crippen molar-refractivity contribution in [1.82, 2.24) is 15.1 Å². The first-order chi connectivity index (χ1) is 10.1. The van der Waals surface area contributed by atoms with Gasteiger partial charge in [0.05, 0.1) is 11.6 Å². The van der Waals surface area contributed by atoms with Crippen LogP contribution in [-0.2, 0) is 0 Å². The van der Waals surface area contributed by atoms with Crippen molar-refractivity contribution >= 4 is 10.9 Å². The molecule has 2 N–H and O–H groups in total. The summed E-state index contributed by atoms with van der Waals surface area (Å²) in [6, 6.07) is 9.72. The molecule has 0 aliphatic heterocycles. The van der Waals surface area contributed by atoms with Gasteiger partial charge in [-0.3, -0.25) is 0 Å². The fourth-order valence-corrected chi connectivity index (χ4v) is 2.22. The molecule has 108 valence electrons. The Morgan fingerprint density at radius 3 is 2.67 bits per heavy atom. The van der Waals surface area contributed by atoms with Gasteiger partial charge in [-0.1, -0.05) is 37.2 Å². The number of nitrogens with two attached hydrogens (primary N) is 1. The highest BCUT2D eigenvalue weighted by Crippen LogP contribution is 2.24. The minimum Gasteiger partial charge on any atom is -0.337 e. The Balaban J connectivity index is 2.05. The maximum atomic E-state index is 6.03. The molecule has 0 aliphatic rings. The van der Waals surface area contributed by atoms with E-state index in [4.69, 9.17) is 10.3 Å². The van der Waals surface area contributed by atoms with Crippen molar-refractivity contribution < 1.29 is 4.52 Å². The van der Waals surface area contributed by atoms with E-state index in [0.717, 1.165) is 16.5 Å². The zero-order valence-corrected chi connectivity index (χ0v) is 12.4. The number of fused-ring (bicyclic) bond motifs is 1. The van der Waals surface area contributed by atoms with Gasteiger partial charge in [0.1, 0.15) is 5.69 Å². The van der Waals surface area contributed by atoms with Crippen LogP contribution in [0.4, 0.5) is 0 Å². The van der Waals surface area contributed by atoms with Gasteiger partial charge in [-0.05, 0) is 30.5 Å². The van der Waals surface area contributed by atoms with Crippen LogP contribution in [0.3, 0.4) is 0 Å². The number of benzene rings is 1. The van der Waals surface area contributed by atoms with Crippen LogP contribution in [0.15, 0.2) is 34.9 Å². The predicted octanol–water partition coefficient (Wildman–Crippen LogP) is 3.25. The van der Waals surface area contributed by atoms with Gasteiger partial charge in [0, 0.05) is 5.39 Å². The monoisotopic (exact) mass is 282 g/mol. The second kappa shape index (κ2) is 5.26. The lowest BCUT2D eigenvalue weighted by Gasteiger charge is -2.09. The molecule has 0 fully saturated rings. The van der Waals surface area contributed by atoms with E-state index in [-0.39, 0.29) is 12.0 Å². The minimum absolute atomic E-state index is 0.240. The van der Waals surface area contributed by atoms with Crippen LogP contribution in [-0.4, -0.2) is 15.1 Å². The van der Waals surface area contributed by atoms with Crippen molar-refractivity contribution in [3.63, 3.8) is 0 Å². The van der Waals surface area contributed by atoms with Gasteiger partial charge in [-0.25, -0.2) is 4.98 Å². The van der Waals surface area contributed by atoms with Crippen LogP contribution >= 0.6 is 0 Å². The zero-order valence-electron chi connectivity index (χ0n) is 12.4. The molecule has 2 aromatic heterocycles. The fourth-order valence-electron chi connectivity index (χ4n) is 2.22. The summed E-state index contributed by atoms with van der Waals surface area (Å²) in [5.74, 6) is 1.17. The highest BCUT2D eigenvalue weighted by molar-refractivity contribution is 5.84. The topological polar surface area (TPSA) is 77.8 Å².